The number of alkyl halides is 5. The Morgan fingerprint density at radius 2 is 1.94 bits per heavy atom. The number of hydrogen-bond acceptors (Lipinski definition) is 4. The van der Waals surface area contributed by atoms with Crippen LogP contribution in [-0.4, -0.2) is 18.5 Å². The summed E-state index contributed by atoms with van der Waals surface area (Å²) in [5, 5.41) is 0. The lowest BCUT2D eigenvalue weighted by atomic mass is 10.3. The first-order valence-corrected chi connectivity index (χ1v) is 4.13. The molecule has 0 spiro atoms. The Morgan fingerprint density at radius 3 is 2.35 bits per heavy atom. The molecule has 9 heteroatoms. The first kappa shape index (κ1) is 13.3. The molecule has 0 amide bonds. The fourth-order valence-corrected chi connectivity index (χ4v) is 1.03. The second kappa shape index (κ2) is 4.60. The number of aromatic nitrogens is 1. The number of methoxy groups -OCH3 is 1. The predicted octanol–water partition coefficient (Wildman–Crippen LogP) is 2.51. The topological polar surface area (TPSA) is 57.4 Å². The van der Waals surface area contributed by atoms with Crippen LogP contribution in [0.15, 0.2) is 6.07 Å². The number of hydrogen-bond donors (Lipinski definition) is 1. The molecule has 1 aromatic rings. The lowest BCUT2D eigenvalue weighted by molar-refractivity contribution is -0.274. The molecule has 0 bridgehead atoms. The largest absolute Gasteiger partial charge is 0.573 e. The minimum Gasteiger partial charge on any atom is -0.493 e. The summed E-state index contributed by atoms with van der Waals surface area (Å²) in [5.74, 6) is -2.33. The average Bonchev–Trinajstić information content (AvgIpc) is 2.18. The van der Waals surface area contributed by atoms with Crippen molar-refractivity contribution >= 4 is 5.82 Å². The van der Waals surface area contributed by atoms with E-state index in [0.717, 1.165) is 7.11 Å². The Kier molecular flexibility index (Phi) is 3.59. The molecular formula is C8H7F5N2O2. The Morgan fingerprint density at radius 1 is 1.35 bits per heavy atom. The Labute approximate surface area is 92.1 Å². The van der Waals surface area contributed by atoms with E-state index in [1.807, 2.05) is 0 Å². The van der Waals surface area contributed by atoms with Crippen LogP contribution in [0.2, 0.25) is 0 Å². The minimum atomic E-state index is -5.02. The summed E-state index contributed by atoms with van der Waals surface area (Å²) in [6.07, 6.45) is -8.00. The lowest BCUT2D eigenvalue weighted by Gasteiger charge is -2.14. The fraction of sp³-hybridized carbons (Fsp3) is 0.375. The van der Waals surface area contributed by atoms with Crippen LogP contribution in [0.3, 0.4) is 0 Å². The first-order valence-electron chi connectivity index (χ1n) is 4.13. The van der Waals surface area contributed by atoms with Gasteiger partial charge < -0.3 is 15.2 Å². The SMILES string of the molecule is COc1cc(C(F)F)nc(N)c1OC(F)(F)F. The molecule has 96 valence electrons. The van der Waals surface area contributed by atoms with Crippen LogP contribution in [0.4, 0.5) is 27.8 Å². The number of pyridine rings is 1. The molecule has 17 heavy (non-hydrogen) atoms. The Bertz CT molecular complexity index is 408. The van der Waals surface area contributed by atoms with Crippen molar-refractivity contribution in [3.8, 4) is 11.5 Å². The average molecular weight is 258 g/mol. The molecule has 1 heterocycles. The monoisotopic (exact) mass is 258 g/mol. The van der Waals surface area contributed by atoms with Crippen molar-refractivity contribution in [2.75, 3.05) is 12.8 Å². The van der Waals surface area contributed by atoms with Crippen LogP contribution in [0.25, 0.3) is 0 Å². The molecule has 4 nitrogen and oxygen atoms in total. The Hall–Kier alpha value is -1.80. The van der Waals surface area contributed by atoms with Gasteiger partial charge in [0, 0.05) is 6.07 Å². The van der Waals surface area contributed by atoms with Gasteiger partial charge in [-0.2, -0.15) is 0 Å². The van der Waals surface area contributed by atoms with E-state index in [-0.39, 0.29) is 0 Å². The highest BCUT2D eigenvalue weighted by atomic mass is 19.4. The number of nitrogen functional groups attached to an aromatic ring is 1. The van der Waals surface area contributed by atoms with Gasteiger partial charge in [0.1, 0.15) is 5.69 Å². The van der Waals surface area contributed by atoms with Crippen molar-refractivity contribution in [1.82, 2.24) is 4.98 Å². The Balaban J connectivity index is 3.21. The normalized spacial score (nSPS) is 11.7. The minimum absolute atomic E-state index is 0.565. The van der Waals surface area contributed by atoms with Crippen LogP contribution in [0.1, 0.15) is 12.1 Å². The van der Waals surface area contributed by atoms with Gasteiger partial charge in [-0.05, 0) is 0 Å². The van der Waals surface area contributed by atoms with Crippen LogP contribution < -0.4 is 15.2 Å². The zero-order valence-corrected chi connectivity index (χ0v) is 8.39. The van der Waals surface area contributed by atoms with Crippen LogP contribution in [0.5, 0.6) is 11.5 Å². The highest BCUT2D eigenvalue weighted by molar-refractivity contribution is 5.56. The number of ether oxygens (including phenoxy) is 2. The van der Waals surface area contributed by atoms with E-state index in [0.29, 0.717) is 6.07 Å². The third-order valence-corrected chi connectivity index (χ3v) is 1.65. The van der Waals surface area contributed by atoms with Crippen molar-refractivity contribution in [3.05, 3.63) is 11.8 Å². The summed E-state index contributed by atoms with van der Waals surface area (Å²) >= 11 is 0. The molecule has 2 N–H and O–H groups in total. The number of halogens is 5. The standard InChI is InChI=1S/C8H7F5N2O2/c1-16-4-2-3(6(9)10)15-7(14)5(4)17-8(11,12)13/h2,6H,1H3,(H2,14,15). The van der Waals surface area contributed by atoms with Gasteiger partial charge in [0.15, 0.2) is 11.6 Å². The van der Waals surface area contributed by atoms with Gasteiger partial charge in [-0.3, -0.25) is 0 Å². The van der Waals surface area contributed by atoms with E-state index >= 15 is 0 Å². The lowest BCUT2D eigenvalue weighted by Crippen LogP contribution is -2.19. The molecule has 0 aromatic carbocycles. The summed E-state index contributed by atoms with van der Waals surface area (Å²) in [6.45, 7) is 0. The maximum atomic E-state index is 12.3. The molecule has 0 radical (unpaired) electrons. The molecule has 1 aromatic heterocycles. The zero-order chi connectivity index (χ0) is 13.2. The van der Waals surface area contributed by atoms with Crippen LogP contribution >= 0.6 is 0 Å². The van der Waals surface area contributed by atoms with E-state index in [1.165, 1.54) is 0 Å². The summed E-state index contributed by atoms with van der Waals surface area (Å²) in [6, 6.07) is 0.627. The van der Waals surface area contributed by atoms with E-state index in [2.05, 4.69) is 14.5 Å². The van der Waals surface area contributed by atoms with E-state index in [9.17, 15) is 22.0 Å². The summed E-state index contributed by atoms with van der Waals surface area (Å²) in [4.78, 5) is 3.09. The number of rotatable bonds is 3. The van der Waals surface area contributed by atoms with Gasteiger partial charge >= 0.3 is 6.36 Å². The summed E-state index contributed by atoms with van der Waals surface area (Å²) in [7, 11) is 0.993. The van der Waals surface area contributed by atoms with E-state index in [1.54, 1.807) is 0 Å². The zero-order valence-electron chi connectivity index (χ0n) is 8.39. The molecule has 0 aliphatic heterocycles. The molecule has 0 aliphatic carbocycles. The van der Waals surface area contributed by atoms with Gasteiger partial charge in [0.05, 0.1) is 7.11 Å². The van der Waals surface area contributed by atoms with Gasteiger partial charge in [0.2, 0.25) is 5.75 Å². The highest BCUT2D eigenvalue weighted by Crippen LogP contribution is 2.38. The van der Waals surface area contributed by atoms with E-state index in [4.69, 9.17) is 5.73 Å². The molecule has 0 atom stereocenters. The second-order valence-corrected chi connectivity index (χ2v) is 2.81. The number of nitrogens with zero attached hydrogens (tertiary/aromatic N) is 1. The number of nitrogens with two attached hydrogens (primary N) is 1. The molecule has 0 aliphatic rings. The molecule has 1 rings (SSSR count). The molecule has 0 saturated carbocycles. The van der Waals surface area contributed by atoms with Crippen LogP contribution in [-0.2, 0) is 0 Å². The van der Waals surface area contributed by atoms with Crippen LogP contribution in [0, 0.1) is 0 Å². The van der Waals surface area contributed by atoms with Gasteiger partial charge in [-0.15, -0.1) is 13.2 Å². The van der Waals surface area contributed by atoms with Crippen molar-refractivity contribution < 1.29 is 31.4 Å². The third kappa shape index (κ3) is 3.33. The van der Waals surface area contributed by atoms with Gasteiger partial charge in [0.25, 0.3) is 6.43 Å². The molecular weight excluding hydrogens is 251 g/mol. The maximum Gasteiger partial charge on any atom is 0.573 e. The van der Waals surface area contributed by atoms with E-state index < -0.39 is 35.8 Å². The second-order valence-electron chi connectivity index (χ2n) is 2.81. The predicted molar refractivity (Wildman–Crippen MR) is 46.8 cm³/mol. The molecule has 0 unspecified atom stereocenters. The van der Waals surface area contributed by atoms with Crippen molar-refractivity contribution in [2.24, 2.45) is 0 Å². The molecule has 0 saturated heterocycles. The van der Waals surface area contributed by atoms with Gasteiger partial charge in [-0.1, -0.05) is 0 Å². The van der Waals surface area contributed by atoms with Crippen molar-refractivity contribution in [3.63, 3.8) is 0 Å². The quantitative estimate of drug-likeness (QED) is 0.846. The smallest absolute Gasteiger partial charge is 0.493 e. The first-order chi connectivity index (χ1) is 7.74. The third-order valence-electron chi connectivity index (χ3n) is 1.65. The maximum absolute atomic E-state index is 12.3. The molecule has 0 fully saturated rings. The summed E-state index contributed by atoms with van der Waals surface area (Å²) < 4.78 is 68.6. The van der Waals surface area contributed by atoms with Gasteiger partial charge in [-0.25, -0.2) is 13.8 Å². The van der Waals surface area contributed by atoms with Crippen molar-refractivity contribution in [1.29, 1.82) is 0 Å². The fourth-order valence-electron chi connectivity index (χ4n) is 1.03. The van der Waals surface area contributed by atoms with Crippen molar-refractivity contribution in [2.45, 2.75) is 12.8 Å². The number of anilines is 1. The highest BCUT2D eigenvalue weighted by Gasteiger charge is 2.34. The summed E-state index contributed by atoms with van der Waals surface area (Å²) in [5.41, 5.74) is 4.30.